The molecule has 2 atom stereocenters. The third-order valence-corrected chi connectivity index (χ3v) is 3.86. The van der Waals surface area contributed by atoms with E-state index in [9.17, 15) is 5.11 Å². The van der Waals surface area contributed by atoms with E-state index in [2.05, 4.69) is 22.9 Å². The number of aliphatic hydroxyl groups is 1. The van der Waals surface area contributed by atoms with Gasteiger partial charge >= 0.3 is 0 Å². The highest BCUT2D eigenvalue weighted by atomic mass is 79.9. The molecule has 0 fully saturated rings. The highest BCUT2D eigenvalue weighted by Crippen LogP contribution is 2.30. The summed E-state index contributed by atoms with van der Waals surface area (Å²) < 4.78 is 1.05. The summed E-state index contributed by atoms with van der Waals surface area (Å²) >= 11 is 4.98. The van der Waals surface area contributed by atoms with Crippen molar-refractivity contribution < 1.29 is 5.11 Å². The zero-order chi connectivity index (χ0) is 10.6. The Labute approximate surface area is 97.3 Å². The Morgan fingerprint density at radius 1 is 1.64 bits per heavy atom. The van der Waals surface area contributed by atoms with E-state index < -0.39 is 6.10 Å². The van der Waals surface area contributed by atoms with E-state index in [4.69, 9.17) is 5.73 Å². The van der Waals surface area contributed by atoms with E-state index in [0.717, 1.165) is 22.2 Å². The van der Waals surface area contributed by atoms with Crippen molar-refractivity contribution in [2.24, 2.45) is 11.7 Å². The highest BCUT2D eigenvalue weighted by Gasteiger charge is 2.19. The number of nitrogens with two attached hydrogens (primary N) is 1. The minimum absolute atomic E-state index is 0.182. The van der Waals surface area contributed by atoms with Gasteiger partial charge < -0.3 is 10.8 Å². The molecule has 0 aliphatic carbocycles. The first-order chi connectivity index (χ1) is 6.69. The van der Waals surface area contributed by atoms with Crippen molar-refractivity contribution in [1.82, 2.24) is 0 Å². The minimum atomic E-state index is -0.414. The standard InChI is InChI=1S/C10H16BrNOS/c1-2-3-7(5-12)10(13)8-4-9(11)14-6-8/h4,6-7,10,13H,2-3,5,12H2,1H3. The Bertz CT molecular complexity index is 277. The van der Waals surface area contributed by atoms with Crippen molar-refractivity contribution >= 4 is 27.3 Å². The Hall–Kier alpha value is 0.100. The first-order valence-corrected chi connectivity index (χ1v) is 6.48. The summed E-state index contributed by atoms with van der Waals surface area (Å²) in [6, 6.07) is 1.97. The third kappa shape index (κ3) is 3.05. The summed E-state index contributed by atoms with van der Waals surface area (Å²) in [5, 5.41) is 12.0. The van der Waals surface area contributed by atoms with Gasteiger partial charge in [0.25, 0.3) is 0 Å². The molecule has 0 saturated carbocycles. The zero-order valence-corrected chi connectivity index (χ0v) is 10.6. The van der Waals surface area contributed by atoms with Crippen LogP contribution in [0, 0.1) is 5.92 Å². The van der Waals surface area contributed by atoms with Crippen molar-refractivity contribution in [3.8, 4) is 0 Å². The molecule has 1 aromatic rings. The average Bonchev–Trinajstić information content (AvgIpc) is 2.60. The number of halogens is 1. The van der Waals surface area contributed by atoms with E-state index in [-0.39, 0.29) is 5.92 Å². The second kappa shape index (κ2) is 5.85. The molecule has 3 N–H and O–H groups in total. The Balaban J connectivity index is 2.66. The summed E-state index contributed by atoms with van der Waals surface area (Å²) in [5.41, 5.74) is 6.61. The molecule has 0 aliphatic rings. The van der Waals surface area contributed by atoms with E-state index in [0.29, 0.717) is 6.54 Å². The lowest BCUT2D eigenvalue weighted by Crippen LogP contribution is -2.21. The monoisotopic (exact) mass is 277 g/mol. The maximum atomic E-state index is 10.0. The van der Waals surface area contributed by atoms with Crippen LogP contribution in [0.15, 0.2) is 15.2 Å². The van der Waals surface area contributed by atoms with Crippen molar-refractivity contribution in [1.29, 1.82) is 0 Å². The maximum Gasteiger partial charge on any atom is 0.0838 e. The summed E-state index contributed by atoms with van der Waals surface area (Å²) in [4.78, 5) is 0. The molecule has 0 saturated heterocycles. The minimum Gasteiger partial charge on any atom is -0.388 e. The number of aliphatic hydroxyl groups excluding tert-OH is 1. The molecule has 2 nitrogen and oxygen atoms in total. The maximum absolute atomic E-state index is 10.0. The molecule has 0 aromatic carbocycles. The number of rotatable bonds is 5. The molecule has 1 heterocycles. The van der Waals surface area contributed by atoms with Gasteiger partial charge in [0.05, 0.1) is 9.89 Å². The lowest BCUT2D eigenvalue weighted by molar-refractivity contribution is 0.107. The summed E-state index contributed by atoms with van der Waals surface area (Å²) in [6.07, 6.45) is 1.62. The van der Waals surface area contributed by atoms with Crippen LogP contribution in [0.4, 0.5) is 0 Å². The predicted molar refractivity (Wildman–Crippen MR) is 64.4 cm³/mol. The third-order valence-electron chi connectivity index (χ3n) is 2.34. The molecule has 0 amide bonds. The van der Waals surface area contributed by atoms with Gasteiger partial charge in [-0.05, 0) is 45.9 Å². The molecule has 0 radical (unpaired) electrons. The molecule has 2 unspecified atom stereocenters. The highest BCUT2D eigenvalue weighted by molar-refractivity contribution is 9.11. The molecular formula is C10H16BrNOS. The van der Waals surface area contributed by atoms with Crippen LogP contribution in [-0.2, 0) is 0 Å². The summed E-state index contributed by atoms with van der Waals surface area (Å²) in [5.74, 6) is 0.182. The quantitative estimate of drug-likeness (QED) is 0.870. The molecule has 1 aromatic heterocycles. The number of hydrogen-bond acceptors (Lipinski definition) is 3. The normalized spacial score (nSPS) is 15.4. The van der Waals surface area contributed by atoms with Gasteiger partial charge in [-0.2, -0.15) is 0 Å². The fraction of sp³-hybridized carbons (Fsp3) is 0.600. The van der Waals surface area contributed by atoms with E-state index in [1.165, 1.54) is 0 Å². The first-order valence-electron chi connectivity index (χ1n) is 4.81. The van der Waals surface area contributed by atoms with Crippen LogP contribution >= 0.6 is 27.3 Å². The smallest absolute Gasteiger partial charge is 0.0838 e. The molecule has 0 aliphatic heterocycles. The molecule has 14 heavy (non-hydrogen) atoms. The van der Waals surface area contributed by atoms with E-state index in [1.807, 2.05) is 11.4 Å². The van der Waals surface area contributed by atoms with Crippen LogP contribution in [0.25, 0.3) is 0 Å². The fourth-order valence-electron chi connectivity index (χ4n) is 1.53. The first kappa shape index (κ1) is 12.2. The van der Waals surface area contributed by atoms with Gasteiger partial charge in [-0.3, -0.25) is 0 Å². The Kier molecular flexibility index (Phi) is 5.09. The summed E-state index contributed by atoms with van der Waals surface area (Å²) in [7, 11) is 0. The van der Waals surface area contributed by atoms with Crippen LogP contribution in [0.2, 0.25) is 0 Å². The van der Waals surface area contributed by atoms with Gasteiger partial charge in [0.2, 0.25) is 0 Å². The van der Waals surface area contributed by atoms with Gasteiger partial charge in [-0.15, -0.1) is 11.3 Å². The Morgan fingerprint density at radius 2 is 2.36 bits per heavy atom. The lowest BCUT2D eigenvalue weighted by atomic mass is 9.93. The summed E-state index contributed by atoms with van der Waals surface area (Å²) in [6.45, 7) is 2.65. The zero-order valence-electron chi connectivity index (χ0n) is 8.24. The van der Waals surface area contributed by atoms with Crippen LogP contribution in [0.1, 0.15) is 31.4 Å². The van der Waals surface area contributed by atoms with Crippen molar-refractivity contribution in [3.05, 3.63) is 20.8 Å². The number of thiophene rings is 1. The van der Waals surface area contributed by atoms with Crippen molar-refractivity contribution in [3.63, 3.8) is 0 Å². The molecule has 4 heteroatoms. The molecule has 0 bridgehead atoms. The second-order valence-corrected chi connectivity index (χ2v) is 5.70. The van der Waals surface area contributed by atoms with Gasteiger partial charge in [0.1, 0.15) is 0 Å². The van der Waals surface area contributed by atoms with Crippen LogP contribution in [0.3, 0.4) is 0 Å². The van der Waals surface area contributed by atoms with Crippen molar-refractivity contribution in [2.45, 2.75) is 25.9 Å². The Morgan fingerprint density at radius 3 is 2.79 bits per heavy atom. The number of hydrogen-bond donors (Lipinski definition) is 2. The van der Waals surface area contributed by atoms with E-state index >= 15 is 0 Å². The average molecular weight is 278 g/mol. The van der Waals surface area contributed by atoms with Crippen molar-refractivity contribution in [2.75, 3.05) is 6.54 Å². The van der Waals surface area contributed by atoms with Gasteiger partial charge in [-0.1, -0.05) is 13.3 Å². The molecule has 0 spiro atoms. The van der Waals surface area contributed by atoms with Crippen LogP contribution < -0.4 is 5.73 Å². The van der Waals surface area contributed by atoms with Gasteiger partial charge in [-0.25, -0.2) is 0 Å². The molecule has 80 valence electrons. The predicted octanol–water partition coefficient (Wildman–Crippen LogP) is 2.92. The molecule has 1 rings (SSSR count). The van der Waals surface area contributed by atoms with Gasteiger partial charge in [0.15, 0.2) is 0 Å². The largest absolute Gasteiger partial charge is 0.388 e. The fourth-order valence-corrected chi connectivity index (χ4v) is 2.73. The van der Waals surface area contributed by atoms with Gasteiger partial charge in [0, 0.05) is 5.92 Å². The lowest BCUT2D eigenvalue weighted by Gasteiger charge is -2.19. The SMILES string of the molecule is CCCC(CN)C(O)c1csc(Br)c1. The van der Waals surface area contributed by atoms with Crippen LogP contribution in [0.5, 0.6) is 0 Å². The topological polar surface area (TPSA) is 46.2 Å². The second-order valence-electron chi connectivity index (χ2n) is 3.41. The van der Waals surface area contributed by atoms with Crippen LogP contribution in [-0.4, -0.2) is 11.7 Å². The molecular weight excluding hydrogens is 262 g/mol. The van der Waals surface area contributed by atoms with E-state index in [1.54, 1.807) is 11.3 Å².